The minimum absolute atomic E-state index is 0.0110. The average molecular weight is 311 g/mol. The summed E-state index contributed by atoms with van der Waals surface area (Å²) in [6, 6.07) is 1.43. The molecule has 3 heterocycles. The van der Waals surface area contributed by atoms with Crippen molar-refractivity contribution < 1.29 is 12.9 Å². The monoisotopic (exact) mass is 311 g/mol. The molecule has 114 valence electrons. The molecule has 1 saturated heterocycles. The highest BCUT2D eigenvalue weighted by atomic mass is 32.2. The first kappa shape index (κ1) is 14.1. The van der Waals surface area contributed by atoms with Crippen LogP contribution in [0, 0.1) is 6.92 Å². The minimum Gasteiger partial charge on any atom is -0.381 e. The molecule has 1 aliphatic heterocycles. The first-order chi connectivity index (χ1) is 9.89. The van der Waals surface area contributed by atoms with Gasteiger partial charge < -0.3 is 10.3 Å². The quantitative estimate of drug-likeness (QED) is 0.899. The summed E-state index contributed by atoms with van der Waals surface area (Å²) in [6.45, 7) is 2.24. The molecule has 0 bridgehead atoms. The molecule has 0 spiro atoms. The third-order valence-electron chi connectivity index (χ3n) is 3.59. The van der Waals surface area contributed by atoms with Crippen LogP contribution in [0.1, 0.15) is 30.3 Å². The van der Waals surface area contributed by atoms with Crippen molar-refractivity contribution in [2.45, 2.75) is 30.7 Å². The predicted octanol–water partition coefficient (Wildman–Crippen LogP) is 0.825. The lowest BCUT2D eigenvalue weighted by molar-refractivity contribution is 0.297. The molecule has 1 fully saturated rings. The number of nitrogen functional groups attached to an aromatic ring is 1. The Morgan fingerprint density at radius 3 is 2.81 bits per heavy atom. The highest BCUT2D eigenvalue weighted by molar-refractivity contribution is 7.89. The molecular weight excluding hydrogens is 294 g/mol. The van der Waals surface area contributed by atoms with Crippen molar-refractivity contribution in [1.29, 1.82) is 0 Å². The molecule has 9 heteroatoms. The van der Waals surface area contributed by atoms with E-state index in [0.29, 0.717) is 18.7 Å². The first-order valence-corrected chi connectivity index (χ1v) is 8.08. The van der Waals surface area contributed by atoms with Crippen molar-refractivity contribution in [1.82, 2.24) is 19.2 Å². The number of rotatable bonds is 3. The molecule has 0 amide bonds. The lowest BCUT2D eigenvalue weighted by Crippen LogP contribution is -2.30. The zero-order chi connectivity index (χ0) is 15.2. The Bertz CT molecular complexity index is 764. The maximum atomic E-state index is 12.8. The predicted molar refractivity (Wildman–Crippen MR) is 74.7 cm³/mol. The number of nitrogens with two attached hydrogens (primary N) is 1. The second-order valence-electron chi connectivity index (χ2n) is 5.20. The summed E-state index contributed by atoms with van der Waals surface area (Å²) in [5.74, 6) is 0.577. The van der Waals surface area contributed by atoms with E-state index >= 15 is 0 Å². The third-order valence-corrected chi connectivity index (χ3v) is 5.51. The summed E-state index contributed by atoms with van der Waals surface area (Å²) < 4.78 is 33.6. The van der Waals surface area contributed by atoms with Gasteiger partial charge in [0.15, 0.2) is 11.6 Å². The number of aromatic nitrogens is 3. The van der Waals surface area contributed by atoms with Crippen LogP contribution in [0.4, 0.5) is 5.82 Å². The SMILES string of the molecule is Cc1cc(C2CCCN2S(=O)(=O)c2cn(C)nc2N)on1. The Labute approximate surface area is 122 Å². The molecule has 0 saturated carbocycles. The Balaban J connectivity index is 2.00. The van der Waals surface area contributed by atoms with Crippen LogP contribution in [0.3, 0.4) is 0 Å². The first-order valence-electron chi connectivity index (χ1n) is 6.64. The maximum absolute atomic E-state index is 12.8. The Hall–Kier alpha value is -1.87. The molecule has 0 radical (unpaired) electrons. The van der Waals surface area contributed by atoms with Crippen LogP contribution in [0.25, 0.3) is 0 Å². The standard InChI is InChI=1S/C12H17N5O3S/c1-8-6-10(20-15-8)9-4-3-5-17(9)21(18,19)11-7-16(2)14-12(11)13/h6-7,9H,3-5H2,1-2H3,(H2,13,14). The van der Waals surface area contributed by atoms with Crippen LogP contribution < -0.4 is 5.73 Å². The van der Waals surface area contributed by atoms with Crippen molar-refractivity contribution in [3.8, 4) is 0 Å². The van der Waals surface area contributed by atoms with Crippen molar-refractivity contribution >= 4 is 15.8 Å². The highest BCUT2D eigenvalue weighted by Crippen LogP contribution is 2.37. The molecular formula is C12H17N5O3S. The molecule has 2 aromatic rings. The van der Waals surface area contributed by atoms with Gasteiger partial charge in [-0.15, -0.1) is 0 Å². The largest absolute Gasteiger partial charge is 0.381 e. The van der Waals surface area contributed by atoms with E-state index in [-0.39, 0.29) is 16.8 Å². The number of nitrogens with zero attached hydrogens (tertiary/aromatic N) is 4. The Morgan fingerprint density at radius 1 is 1.48 bits per heavy atom. The summed E-state index contributed by atoms with van der Waals surface area (Å²) in [6.07, 6.45) is 2.89. The van der Waals surface area contributed by atoms with Gasteiger partial charge in [0.25, 0.3) is 0 Å². The zero-order valence-electron chi connectivity index (χ0n) is 11.9. The number of hydrogen-bond donors (Lipinski definition) is 1. The highest BCUT2D eigenvalue weighted by Gasteiger charge is 2.39. The van der Waals surface area contributed by atoms with Gasteiger partial charge in [-0.2, -0.15) is 9.40 Å². The van der Waals surface area contributed by atoms with Crippen LogP contribution in [0.15, 0.2) is 21.7 Å². The fourth-order valence-corrected chi connectivity index (χ4v) is 4.42. The average Bonchev–Trinajstić information content (AvgIpc) is 3.08. The molecule has 1 atom stereocenters. The summed E-state index contributed by atoms with van der Waals surface area (Å²) in [5, 5.41) is 7.74. The molecule has 0 aromatic carbocycles. The van der Waals surface area contributed by atoms with Crippen LogP contribution in [-0.4, -0.2) is 34.2 Å². The van der Waals surface area contributed by atoms with E-state index in [1.165, 1.54) is 15.2 Å². The Kier molecular flexibility index (Phi) is 3.25. The van der Waals surface area contributed by atoms with Gasteiger partial charge in [-0.05, 0) is 19.8 Å². The van der Waals surface area contributed by atoms with Crippen molar-refractivity contribution in [3.63, 3.8) is 0 Å². The minimum atomic E-state index is -3.70. The number of anilines is 1. The van der Waals surface area contributed by atoms with E-state index in [4.69, 9.17) is 10.3 Å². The van der Waals surface area contributed by atoms with Crippen molar-refractivity contribution in [3.05, 3.63) is 23.7 Å². The zero-order valence-corrected chi connectivity index (χ0v) is 12.7. The maximum Gasteiger partial charge on any atom is 0.249 e. The third kappa shape index (κ3) is 2.32. The van der Waals surface area contributed by atoms with Gasteiger partial charge in [-0.1, -0.05) is 5.16 Å². The van der Waals surface area contributed by atoms with Crippen LogP contribution >= 0.6 is 0 Å². The summed E-state index contributed by atoms with van der Waals surface area (Å²) >= 11 is 0. The summed E-state index contributed by atoms with van der Waals surface area (Å²) in [5.41, 5.74) is 6.44. The molecule has 2 N–H and O–H groups in total. The van der Waals surface area contributed by atoms with Gasteiger partial charge in [0.2, 0.25) is 10.0 Å². The molecule has 1 aliphatic rings. The normalized spacial score (nSPS) is 20.2. The lowest BCUT2D eigenvalue weighted by atomic mass is 10.2. The van der Waals surface area contributed by atoms with Gasteiger partial charge in [-0.25, -0.2) is 8.42 Å². The molecule has 3 rings (SSSR count). The lowest BCUT2D eigenvalue weighted by Gasteiger charge is -2.21. The summed E-state index contributed by atoms with van der Waals surface area (Å²) in [7, 11) is -2.06. The smallest absolute Gasteiger partial charge is 0.249 e. The number of sulfonamides is 1. The fourth-order valence-electron chi connectivity index (χ4n) is 2.66. The molecule has 8 nitrogen and oxygen atoms in total. The fraction of sp³-hybridized carbons (Fsp3) is 0.500. The number of aryl methyl sites for hydroxylation is 2. The second-order valence-corrected chi connectivity index (χ2v) is 7.06. The number of hydrogen-bond acceptors (Lipinski definition) is 6. The van der Waals surface area contributed by atoms with E-state index in [9.17, 15) is 8.42 Å². The van der Waals surface area contributed by atoms with E-state index < -0.39 is 10.0 Å². The topological polar surface area (TPSA) is 107 Å². The van der Waals surface area contributed by atoms with Crippen LogP contribution in [0.2, 0.25) is 0 Å². The molecule has 0 aliphatic carbocycles. The van der Waals surface area contributed by atoms with Crippen LogP contribution in [0.5, 0.6) is 0 Å². The molecule has 2 aromatic heterocycles. The van der Waals surface area contributed by atoms with Crippen molar-refractivity contribution in [2.75, 3.05) is 12.3 Å². The molecule has 21 heavy (non-hydrogen) atoms. The van der Waals surface area contributed by atoms with Gasteiger partial charge in [0.05, 0.1) is 11.7 Å². The van der Waals surface area contributed by atoms with E-state index in [2.05, 4.69) is 10.3 Å². The van der Waals surface area contributed by atoms with Gasteiger partial charge in [0, 0.05) is 25.9 Å². The van der Waals surface area contributed by atoms with Gasteiger partial charge in [-0.3, -0.25) is 4.68 Å². The van der Waals surface area contributed by atoms with Crippen molar-refractivity contribution in [2.24, 2.45) is 7.05 Å². The van der Waals surface area contributed by atoms with E-state index in [0.717, 1.165) is 12.1 Å². The van der Waals surface area contributed by atoms with E-state index in [1.807, 2.05) is 0 Å². The van der Waals surface area contributed by atoms with Gasteiger partial charge >= 0.3 is 0 Å². The van der Waals surface area contributed by atoms with Gasteiger partial charge in [0.1, 0.15) is 4.90 Å². The van der Waals surface area contributed by atoms with Crippen LogP contribution in [-0.2, 0) is 17.1 Å². The molecule has 1 unspecified atom stereocenters. The second kappa shape index (κ2) is 4.85. The van der Waals surface area contributed by atoms with E-state index in [1.54, 1.807) is 20.0 Å². The Morgan fingerprint density at radius 2 is 2.24 bits per heavy atom. The summed E-state index contributed by atoms with van der Waals surface area (Å²) in [4.78, 5) is 0.0353.